The minimum atomic E-state index is -0.365. The second-order valence-electron chi connectivity index (χ2n) is 6.93. The fourth-order valence-corrected chi connectivity index (χ4v) is 3.91. The average molecular weight is 345 g/mol. The molecule has 1 saturated heterocycles. The first-order chi connectivity index (χ1) is 12.2. The van der Waals surface area contributed by atoms with Crippen molar-refractivity contribution in [3.63, 3.8) is 0 Å². The van der Waals surface area contributed by atoms with Crippen LogP contribution in [0.15, 0.2) is 36.7 Å². The van der Waals surface area contributed by atoms with Gasteiger partial charge in [0, 0.05) is 38.3 Å². The molecule has 1 aromatic carbocycles. The Balaban J connectivity index is 1.52. The molecule has 1 N–H and O–H groups in total. The summed E-state index contributed by atoms with van der Waals surface area (Å²) in [5.74, 6) is 0.295. The van der Waals surface area contributed by atoms with E-state index in [9.17, 15) is 4.39 Å². The lowest BCUT2D eigenvalue weighted by Gasteiger charge is -2.37. The van der Waals surface area contributed by atoms with Crippen LogP contribution in [0.25, 0.3) is 0 Å². The zero-order valence-corrected chi connectivity index (χ0v) is 14.5. The highest BCUT2D eigenvalue weighted by molar-refractivity contribution is 5.26. The maximum Gasteiger partial charge on any atom is 0.168 e. The average Bonchev–Trinajstić information content (AvgIpc) is 3.24. The van der Waals surface area contributed by atoms with Crippen molar-refractivity contribution in [1.82, 2.24) is 14.9 Å². The molecule has 134 valence electrons. The second-order valence-corrected chi connectivity index (χ2v) is 6.93. The van der Waals surface area contributed by atoms with E-state index in [1.165, 1.54) is 6.07 Å². The summed E-state index contributed by atoms with van der Waals surface area (Å²) in [6.07, 6.45) is 7.41. The van der Waals surface area contributed by atoms with Crippen LogP contribution in [0.2, 0.25) is 0 Å². The molecule has 4 rings (SSSR count). The zero-order valence-electron chi connectivity index (χ0n) is 14.5. The first-order valence-corrected chi connectivity index (χ1v) is 8.92. The Hall–Kier alpha value is -1.76. The maximum absolute atomic E-state index is 13.8. The third kappa shape index (κ3) is 3.47. The normalized spacial score (nSPS) is 21.7. The van der Waals surface area contributed by atoms with Crippen molar-refractivity contribution in [2.24, 2.45) is 7.05 Å². The summed E-state index contributed by atoms with van der Waals surface area (Å²) in [5.41, 5.74) is 0.892. The minimum Gasteiger partial charge on any atom is -0.348 e. The van der Waals surface area contributed by atoms with Crippen LogP contribution < -0.4 is 5.32 Å². The standard InChI is InChI=1S/C19H24FN3O2/c1-23-10-9-21-18(23)17(14-3-2-4-15(20)13-14)22-16-5-7-19(8-6-16)24-11-12-25-19/h2-4,9-10,13,16-17,22H,5-8,11-12H2,1H3/t17-/m1/s1. The van der Waals surface area contributed by atoms with Gasteiger partial charge in [0.15, 0.2) is 5.79 Å². The summed E-state index contributed by atoms with van der Waals surface area (Å²) in [5, 5.41) is 3.69. The van der Waals surface area contributed by atoms with Gasteiger partial charge in [0.25, 0.3) is 0 Å². The molecule has 0 radical (unpaired) electrons. The lowest BCUT2D eigenvalue weighted by atomic mass is 9.89. The fraction of sp³-hybridized carbons (Fsp3) is 0.526. The summed E-state index contributed by atoms with van der Waals surface area (Å²) in [4.78, 5) is 4.49. The number of imidazole rings is 1. The first-order valence-electron chi connectivity index (χ1n) is 8.92. The number of nitrogens with one attached hydrogen (secondary N) is 1. The monoisotopic (exact) mass is 345 g/mol. The van der Waals surface area contributed by atoms with Gasteiger partial charge < -0.3 is 19.4 Å². The summed E-state index contributed by atoms with van der Waals surface area (Å²) in [6.45, 7) is 1.38. The van der Waals surface area contributed by atoms with Gasteiger partial charge in [0.1, 0.15) is 11.6 Å². The summed E-state index contributed by atoms with van der Waals surface area (Å²) in [6, 6.07) is 6.93. The number of ether oxygens (including phenoxy) is 2. The molecular weight excluding hydrogens is 321 g/mol. The van der Waals surface area contributed by atoms with Crippen LogP contribution >= 0.6 is 0 Å². The third-order valence-electron chi connectivity index (χ3n) is 5.26. The van der Waals surface area contributed by atoms with Crippen molar-refractivity contribution in [2.75, 3.05) is 13.2 Å². The van der Waals surface area contributed by atoms with E-state index in [-0.39, 0.29) is 17.6 Å². The van der Waals surface area contributed by atoms with E-state index in [0.29, 0.717) is 19.3 Å². The molecule has 0 amide bonds. The molecular formula is C19H24FN3O2. The number of halogens is 1. The largest absolute Gasteiger partial charge is 0.348 e. The molecule has 2 aromatic rings. The molecule has 0 bridgehead atoms. The minimum absolute atomic E-state index is 0.139. The number of nitrogens with zero attached hydrogens (tertiary/aromatic N) is 2. The van der Waals surface area contributed by atoms with E-state index in [2.05, 4.69) is 10.3 Å². The Labute approximate surface area is 147 Å². The topological polar surface area (TPSA) is 48.3 Å². The number of hydrogen-bond acceptors (Lipinski definition) is 4. The van der Waals surface area contributed by atoms with Crippen molar-refractivity contribution < 1.29 is 13.9 Å². The Morgan fingerprint density at radius 3 is 2.68 bits per heavy atom. The van der Waals surface area contributed by atoms with E-state index in [1.54, 1.807) is 18.3 Å². The van der Waals surface area contributed by atoms with E-state index in [0.717, 1.165) is 37.1 Å². The molecule has 6 heteroatoms. The van der Waals surface area contributed by atoms with Crippen molar-refractivity contribution in [2.45, 2.75) is 43.6 Å². The van der Waals surface area contributed by atoms with Crippen molar-refractivity contribution in [3.05, 3.63) is 53.9 Å². The highest BCUT2D eigenvalue weighted by Gasteiger charge is 2.40. The van der Waals surface area contributed by atoms with Crippen LogP contribution in [0.1, 0.15) is 43.1 Å². The zero-order chi connectivity index (χ0) is 17.3. The van der Waals surface area contributed by atoms with Crippen LogP contribution in [0.5, 0.6) is 0 Å². The lowest BCUT2D eigenvalue weighted by Crippen LogP contribution is -2.43. The molecule has 1 saturated carbocycles. The van der Waals surface area contributed by atoms with Crippen LogP contribution in [0.3, 0.4) is 0 Å². The predicted molar refractivity (Wildman–Crippen MR) is 91.5 cm³/mol. The molecule has 2 fully saturated rings. The third-order valence-corrected chi connectivity index (χ3v) is 5.26. The van der Waals surface area contributed by atoms with Crippen molar-refractivity contribution in [3.8, 4) is 0 Å². The molecule has 2 heterocycles. The Bertz CT molecular complexity index is 717. The molecule has 1 aromatic heterocycles. The van der Waals surface area contributed by atoms with Gasteiger partial charge in [0.05, 0.1) is 19.3 Å². The van der Waals surface area contributed by atoms with Gasteiger partial charge in [-0.05, 0) is 30.5 Å². The van der Waals surface area contributed by atoms with Gasteiger partial charge in [-0.3, -0.25) is 0 Å². The van der Waals surface area contributed by atoms with Gasteiger partial charge >= 0.3 is 0 Å². The van der Waals surface area contributed by atoms with E-state index in [1.807, 2.05) is 23.9 Å². The molecule has 1 aliphatic carbocycles. The molecule has 2 aliphatic rings. The van der Waals surface area contributed by atoms with Gasteiger partial charge in [-0.15, -0.1) is 0 Å². The molecule has 1 atom stereocenters. The van der Waals surface area contributed by atoms with E-state index in [4.69, 9.17) is 9.47 Å². The molecule has 25 heavy (non-hydrogen) atoms. The smallest absolute Gasteiger partial charge is 0.168 e. The van der Waals surface area contributed by atoms with Crippen molar-refractivity contribution >= 4 is 0 Å². The fourth-order valence-electron chi connectivity index (χ4n) is 3.91. The first kappa shape index (κ1) is 16.7. The van der Waals surface area contributed by atoms with Gasteiger partial charge in [-0.1, -0.05) is 12.1 Å². The van der Waals surface area contributed by atoms with Crippen LogP contribution in [-0.2, 0) is 16.5 Å². The maximum atomic E-state index is 13.8. The quantitative estimate of drug-likeness (QED) is 0.926. The number of aryl methyl sites for hydroxylation is 1. The van der Waals surface area contributed by atoms with Crippen molar-refractivity contribution in [1.29, 1.82) is 0 Å². The van der Waals surface area contributed by atoms with E-state index >= 15 is 0 Å². The van der Waals surface area contributed by atoms with Crippen LogP contribution in [0.4, 0.5) is 4.39 Å². The number of hydrogen-bond donors (Lipinski definition) is 1. The Morgan fingerprint density at radius 2 is 2.04 bits per heavy atom. The SMILES string of the molecule is Cn1ccnc1[C@H](NC1CCC2(CC1)OCCO2)c1cccc(F)c1. The van der Waals surface area contributed by atoms with Crippen LogP contribution in [0, 0.1) is 5.82 Å². The summed E-state index contributed by atoms with van der Waals surface area (Å²) >= 11 is 0. The Kier molecular flexibility index (Phi) is 4.58. The summed E-state index contributed by atoms with van der Waals surface area (Å²) < 4.78 is 27.4. The second kappa shape index (κ2) is 6.86. The number of benzene rings is 1. The lowest BCUT2D eigenvalue weighted by molar-refractivity contribution is -0.179. The number of aromatic nitrogens is 2. The number of rotatable bonds is 4. The van der Waals surface area contributed by atoms with E-state index < -0.39 is 0 Å². The highest BCUT2D eigenvalue weighted by atomic mass is 19.1. The molecule has 1 aliphatic heterocycles. The highest BCUT2D eigenvalue weighted by Crippen LogP contribution is 2.36. The van der Waals surface area contributed by atoms with Gasteiger partial charge in [0.2, 0.25) is 0 Å². The van der Waals surface area contributed by atoms with Gasteiger partial charge in [-0.25, -0.2) is 9.37 Å². The van der Waals surface area contributed by atoms with Gasteiger partial charge in [-0.2, -0.15) is 0 Å². The molecule has 0 unspecified atom stereocenters. The molecule has 1 spiro atoms. The summed E-state index contributed by atoms with van der Waals surface area (Å²) in [7, 11) is 1.96. The van der Waals surface area contributed by atoms with Crippen LogP contribution in [-0.4, -0.2) is 34.6 Å². The Morgan fingerprint density at radius 1 is 1.28 bits per heavy atom. The molecule has 5 nitrogen and oxygen atoms in total. The predicted octanol–water partition coefficient (Wildman–Crippen LogP) is 2.92.